The van der Waals surface area contributed by atoms with Gasteiger partial charge in [-0.15, -0.1) is 0 Å². The van der Waals surface area contributed by atoms with E-state index in [4.69, 9.17) is 5.11 Å². The van der Waals surface area contributed by atoms with E-state index in [1.165, 1.54) is 17.7 Å². The molecule has 0 unspecified atom stereocenters. The molecule has 5 heteroatoms. The molecule has 0 aromatic carbocycles. The summed E-state index contributed by atoms with van der Waals surface area (Å²) >= 11 is 0. The summed E-state index contributed by atoms with van der Waals surface area (Å²) in [5.41, 5.74) is 0. The Balaban J connectivity index is 1.92. The second-order valence-corrected chi connectivity index (χ2v) is 5.07. The number of carbonyl (C=O) groups excluding carboxylic acids is 1. The fourth-order valence-corrected chi connectivity index (χ4v) is 3.00. The first-order chi connectivity index (χ1) is 8.18. The van der Waals surface area contributed by atoms with Crippen molar-refractivity contribution in [1.82, 2.24) is 10.2 Å². The first-order valence-corrected chi connectivity index (χ1v) is 6.41. The van der Waals surface area contributed by atoms with Crippen molar-refractivity contribution in [3.63, 3.8) is 0 Å². The predicted octanol–water partition coefficient (Wildman–Crippen LogP) is 0.309. The van der Waals surface area contributed by atoms with Gasteiger partial charge in [0.15, 0.2) is 0 Å². The van der Waals surface area contributed by atoms with E-state index in [1.807, 2.05) is 0 Å². The van der Waals surface area contributed by atoms with E-state index in [0.717, 1.165) is 25.9 Å². The van der Waals surface area contributed by atoms with Crippen LogP contribution in [0.25, 0.3) is 0 Å². The molecule has 2 saturated heterocycles. The maximum Gasteiger partial charge on any atom is 0.394 e. The summed E-state index contributed by atoms with van der Waals surface area (Å²) in [6, 6.07) is 0. The lowest BCUT2D eigenvalue weighted by molar-refractivity contribution is -0.157. The zero-order valence-corrected chi connectivity index (χ0v) is 10.0. The van der Waals surface area contributed by atoms with Gasteiger partial charge in [-0.1, -0.05) is 0 Å². The zero-order chi connectivity index (χ0) is 12.3. The van der Waals surface area contributed by atoms with Gasteiger partial charge in [0.25, 0.3) is 0 Å². The average Bonchev–Trinajstić information content (AvgIpc) is 2.39. The van der Waals surface area contributed by atoms with Crippen molar-refractivity contribution in [1.29, 1.82) is 0 Å². The van der Waals surface area contributed by atoms with Crippen LogP contribution in [0.15, 0.2) is 0 Å². The van der Waals surface area contributed by atoms with Gasteiger partial charge in [0.05, 0.1) is 0 Å². The van der Waals surface area contributed by atoms with E-state index in [2.05, 4.69) is 5.32 Å². The number of hydrogen-bond donors (Lipinski definition) is 2. The number of carboxylic acid groups (broad SMARTS) is 1. The topological polar surface area (TPSA) is 69.6 Å². The molecule has 96 valence electrons. The van der Waals surface area contributed by atoms with Crippen LogP contribution in [-0.4, -0.2) is 48.1 Å². The number of carbonyl (C=O) groups is 2. The van der Waals surface area contributed by atoms with Gasteiger partial charge in [0.1, 0.15) is 0 Å². The van der Waals surface area contributed by atoms with Gasteiger partial charge < -0.3 is 15.3 Å². The molecule has 2 aliphatic heterocycles. The molecule has 2 fully saturated rings. The lowest BCUT2D eigenvalue weighted by Crippen LogP contribution is -2.47. The quantitative estimate of drug-likeness (QED) is 0.647. The van der Waals surface area contributed by atoms with Crippen molar-refractivity contribution in [3.05, 3.63) is 0 Å². The summed E-state index contributed by atoms with van der Waals surface area (Å²) in [6.07, 6.45) is 4.44. The van der Waals surface area contributed by atoms with Crippen LogP contribution in [0.4, 0.5) is 0 Å². The Morgan fingerprint density at radius 3 is 2.59 bits per heavy atom. The highest BCUT2D eigenvalue weighted by Crippen LogP contribution is 2.28. The summed E-state index contributed by atoms with van der Waals surface area (Å²) in [7, 11) is 0. The number of piperidine rings is 2. The van der Waals surface area contributed by atoms with Crippen LogP contribution in [0.1, 0.15) is 25.7 Å². The number of nitrogens with zero attached hydrogens (tertiary/aromatic N) is 1. The molecule has 2 atom stereocenters. The molecule has 2 heterocycles. The number of amides is 1. The second-order valence-electron chi connectivity index (χ2n) is 5.07. The molecular weight excluding hydrogens is 220 g/mol. The highest BCUT2D eigenvalue weighted by atomic mass is 16.4. The molecule has 0 aromatic heterocycles. The number of carboxylic acids is 1. The number of aliphatic carboxylic acids is 1. The first kappa shape index (κ1) is 12.4. The molecular formula is C12H20N2O3. The lowest BCUT2D eigenvalue weighted by Gasteiger charge is -2.38. The van der Waals surface area contributed by atoms with Crippen molar-refractivity contribution in [2.24, 2.45) is 11.8 Å². The van der Waals surface area contributed by atoms with E-state index >= 15 is 0 Å². The summed E-state index contributed by atoms with van der Waals surface area (Å²) in [5, 5.41) is 12.1. The molecule has 0 aliphatic carbocycles. The van der Waals surface area contributed by atoms with Crippen LogP contribution in [0.3, 0.4) is 0 Å². The van der Waals surface area contributed by atoms with E-state index < -0.39 is 11.9 Å². The normalized spacial score (nSPS) is 30.0. The largest absolute Gasteiger partial charge is 0.474 e. The van der Waals surface area contributed by atoms with Crippen molar-refractivity contribution in [3.8, 4) is 0 Å². The molecule has 0 radical (unpaired) electrons. The third kappa shape index (κ3) is 2.97. The summed E-state index contributed by atoms with van der Waals surface area (Å²) < 4.78 is 0. The number of hydrogen-bond acceptors (Lipinski definition) is 3. The number of rotatable bonds is 1. The van der Waals surface area contributed by atoms with Crippen molar-refractivity contribution < 1.29 is 14.7 Å². The monoisotopic (exact) mass is 240 g/mol. The molecule has 17 heavy (non-hydrogen) atoms. The Kier molecular flexibility index (Phi) is 3.99. The minimum absolute atomic E-state index is 0.472. The minimum Gasteiger partial charge on any atom is -0.474 e. The van der Waals surface area contributed by atoms with Gasteiger partial charge in [-0.3, -0.25) is 4.79 Å². The molecule has 0 aromatic rings. The first-order valence-electron chi connectivity index (χ1n) is 6.41. The molecule has 0 bridgehead atoms. The van der Waals surface area contributed by atoms with Gasteiger partial charge >= 0.3 is 11.9 Å². The second kappa shape index (κ2) is 5.49. The highest BCUT2D eigenvalue weighted by molar-refractivity contribution is 6.31. The summed E-state index contributed by atoms with van der Waals surface area (Å²) in [5.74, 6) is -0.987. The standard InChI is InChI=1S/C12H20N2O3/c15-11(12(16)17)14-6-2-4-10(8-14)9-3-1-5-13-7-9/h9-10,13H,1-8H2,(H,16,17)/t9-,10+/m1/s1. The van der Waals surface area contributed by atoms with E-state index in [9.17, 15) is 9.59 Å². The SMILES string of the molecule is O=C(O)C(=O)N1CCC[C@H]([C@@H]2CCCNC2)C1. The van der Waals surface area contributed by atoms with Crippen LogP contribution in [0.2, 0.25) is 0 Å². The van der Waals surface area contributed by atoms with Crippen LogP contribution >= 0.6 is 0 Å². The molecule has 2 aliphatic rings. The lowest BCUT2D eigenvalue weighted by atomic mass is 9.81. The van der Waals surface area contributed by atoms with Gasteiger partial charge in [0.2, 0.25) is 0 Å². The molecule has 2 N–H and O–H groups in total. The number of likely N-dealkylation sites (tertiary alicyclic amines) is 1. The van der Waals surface area contributed by atoms with Crippen molar-refractivity contribution in [2.75, 3.05) is 26.2 Å². The average molecular weight is 240 g/mol. The third-order valence-corrected chi connectivity index (χ3v) is 3.93. The molecule has 1 amide bonds. The maximum atomic E-state index is 11.4. The van der Waals surface area contributed by atoms with Crippen LogP contribution in [-0.2, 0) is 9.59 Å². The predicted molar refractivity (Wildman–Crippen MR) is 62.5 cm³/mol. The highest BCUT2D eigenvalue weighted by Gasteiger charge is 2.32. The fourth-order valence-electron chi connectivity index (χ4n) is 3.00. The van der Waals surface area contributed by atoms with Gasteiger partial charge in [-0.25, -0.2) is 4.79 Å². The summed E-state index contributed by atoms with van der Waals surface area (Å²) in [4.78, 5) is 23.6. The number of nitrogens with one attached hydrogen (secondary N) is 1. The van der Waals surface area contributed by atoms with E-state index in [1.54, 1.807) is 0 Å². The smallest absolute Gasteiger partial charge is 0.394 e. The Morgan fingerprint density at radius 1 is 1.18 bits per heavy atom. The maximum absolute atomic E-state index is 11.4. The minimum atomic E-state index is -1.33. The van der Waals surface area contributed by atoms with Gasteiger partial charge in [-0.2, -0.15) is 0 Å². The molecule has 2 rings (SSSR count). The molecule has 0 saturated carbocycles. The summed E-state index contributed by atoms with van der Waals surface area (Å²) in [6.45, 7) is 3.32. The Hall–Kier alpha value is -1.10. The fraction of sp³-hybridized carbons (Fsp3) is 0.833. The molecule has 0 spiro atoms. The Morgan fingerprint density at radius 2 is 1.94 bits per heavy atom. The van der Waals surface area contributed by atoms with Crippen LogP contribution in [0.5, 0.6) is 0 Å². The van der Waals surface area contributed by atoms with E-state index in [-0.39, 0.29) is 0 Å². The van der Waals surface area contributed by atoms with E-state index in [0.29, 0.717) is 24.9 Å². The van der Waals surface area contributed by atoms with Crippen molar-refractivity contribution in [2.45, 2.75) is 25.7 Å². The third-order valence-electron chi connectivity index (χ3n) is 3.93. The Bertz CT molecular complexity index is 300. The van der Waals surface area contributed by atoms with Crippen LogP contribution in [0, 0.1) is 11.8 Å². The van der Waals surface area contributed by atoms with Gasteiger partial charge in [0, 0.05) is 13.1 Å². The zero-order valence-electron chi connectivity index (χ0n) is 10.0. The van der Waals surface area contributed by atoms with Gasteiger partial charge in [-0.05, 0) is 50.6 Å². The van der Waals surface area contributed by atoms with Crippen molar-refractivity contribution >= 4 is 11.9 Å². The molecule has 5 nitrogen and oxygen atoms in total. The van der Waals surface area contributed by atoms with Crippen LogP contribution < -0.4 is 5.32 Å². The Labute approximate surface area is 101 Å².